The Morgan fingerprint density at radius 2 is 2.20 bits per heavy atom. The molecule has 0 saturated carbocycles. The molecule has 2 rings (SSSR count). The number of H-pyrrole nitrogens is 1. The zero-order chi connectivity index (χ0) is 11.0. The highest BCUT2D eigenvalue weighted by molar-refractivity contribution is 5.98. The van der Waals surface area contributed by atoms with E-state index in [2.05, 4.69) is 15.2 Å². The normalized spacial score (nSPS) is 10.5. The van der Waals surface area contributed by atoms with E-state index in [4.69, 9.17) is 5.73 Å². The van der Waals surface area contributed by atoms with Crippen LogP contribution in [0.2, 0.25) is 0 Å². The summed E-state index contributed by atoms with van der Waals surface area (Å²) in [6, 6.07) is 0. The molecular formula is C9H11N5O. The number of rotatable bonds is 2. The van der Waals surface area contributed by atoms with Crippen LogP contribution in [-0.2, 0) is 7.05 Å². The Morgan fingerprint density at radius 3 is 2.73 bits per heavy atom. The van der Waals surface area contributed by atoms with Crippen molar-refractivity contribution in [3.8, 4) is 11.4 Å². The van der Waals surface area contributed by atoms with Crippen LogP contribution < -0.4 is 5.73 Å². The lowest BCUT2D eigenvalue weighted by molar-refractivity contribution is 0.100. The van der Waals surface area contributed by atoms with Gasteiger partial charge in [0.15, 0.2) is 5.82 Å². The van der Waals surface area contributed by atoms with Gasteiger partial charge in [-0.3, -0.25) is 4.79 Å². The van der Waals surface area contributed by atoms with E-state index in [0.717, 1.165) is 0 Å². The van der Waals surface area contributed by atoms with E-state index < -0.39 is 5.91 Å². The van der Waals surface area contributed by atoms with Gasteiger partial charge in [-0.25, -0.2) is 0 Å². The topological polar surface area (TPSA) is 89.6 Å². The van der Waals surface area contributed by atoms with E-state index >= 15 is 0 Å². The molecular weight excluding hydrogens is 194 g/mol. The van der Waals surface area contributed by atoms with E-state index in [0.29, 0.717) is 22.8 Å². The summed E-state index contributed by atoms with van der Waals surface area (Å²) in [6.07, 6.45) is 3.44. The molecule has 2 aromatic rings. The molecule has 6 heteroatoms. The van der Waals surface area contributed by atoms with Crippen molar-refractivity contribution in [1.29, 1.82) is 0 Å². The average Bonchev–Trinajstić information content (AvgIpc) is 2.71. The molecule has 2 heterocycles. The molecule has 0 saturated heterocycles. The lowest BCUT2D eigenvalue weighted by atomic mass is 10.2. The second-order valence-corrected chi connectivity index (χ2v) is 3.37. The quantitative estimate of drug-likeness (QED) is 0.734. The minimum atomic E-state index is -0.473. The largest absolute Gasteiger partial charge is 0.366 e. The molecule has 0 bridgehead atoms. The van der Waals surface area contributed by atoms with Crippen LogP contribution in [0.5, 0.6) is 0 Å². The summed E-state index contributed by atoms with van der Waals surface area (Å²) in [7, 11) is 1.82. The summed E-state index contributed by atoms with van der Waals surface area (Å²) in [5.74, 6) is 0.783. The third kappa shape index (κ3) is 1.61. The minimum absolute atomic E-state index is 0.439. The molecule has 6 nitrogen and oxygen atoms in total. The van der Waals surface area contributed by atoms with Gasteiger partial charge in [0.25, 0.3) is 5.91 Å². The molecule has 0 spiro atoms. The molecule has 0 aliphatic carbocycles. The first-order chi connectivity index (χ1) is 7.08. The Hall–Kier alpha value is -2.11. The molecule has 0 unspecified atom stereocenters. The lowest BCUT2D eigenvalue weighted by Crippen LogP contribution is -2.11. The Bertz CT molecular complexity index is 510. The summed E-state index contributed by atoms with van der Waals surface area (Å²) in [5.41, 5.74) is 6.37. The van der Waals surface area contributed by atoms with Crippen LogP contribution in [0, 0.1) is 6.92 Å². The third-order valence-corrected chi connectivity index (χ3v) is 2.08. The van der Waals surface area contributed by atoms with Crippen LogP contribution in [-0.4, -0.2) is 25.7 Å². The van der Waals surface area contributed by atoms with Crippen molar-refractivity contribution < 1.29 is 4.79 Å². The van der Waals surface area contributed by atoms with Gasteiger partial charge in [-0.05, 0) is 6.92 Å². The fraction of sp³-hybridized carbons (Fsp3) is 0.222. The van der Waals surface area contributed by atoms with Gasteiger partial charge in [-0.1, -0.05) is 0 Å². The molecule has 3 N–H and O–H groups in total. The van der Waals surface area contributed by atoms with Gasteiger partial charge < -0.3 is 15.3 Å². The summed E-state index contributed by atoms with van der Waals surface area (Å²) < 4.78 is 1.76. The van der Waals surface area contributed by atoms with Gasteiger partial charge in [-0.2, -0.15) is 0 Å². The predicted octanol–water partition coefficient (Wildman–Crippen LogP) is 0.218. The first kappa shape index (κ1) is 9.45. The second-order valence-electron chi connectivity index (χ2n) is 3.37. The number of nitrogens with two attached hydrogens (primary N) is 1. The van der Waals surface area contributed by atoms with Crippen LogP contribution in [0.25, 0.3) is 11.4 Å². The Kier molecular flexibility index (Phi) is 2.03. The van der Waals surface area contributed by atoms with Crippen LogP contribution in [0.1, 0.15) is 16.2 Å². The van der Waals surface area contributed by atoms with Crippen LogP contribution >= 0.6 is 0 Å². The van der Waals surface area contributed by atoms with E-state index in [1.165, 1.54) is 0 Å². The van der Waals surface area contributed by atoms with E-state index in [-0.39, 0.29) is 0 Å². The number of primary amides is 1. The SMILES string of the molecule is Cc1nnc(-c2cn(C)cc2C(N)=O)[nH]1. The molecule has 2 aromatic heterocycles. The summed E-state index contributed by atoms with van der Waals surface area (Å²) in [6.45, 7) is 1.80. The third-order valence-electron chi connectivity index (χ3n) is 2.08. The van der Waals surface area contributed by atoms with Crippen LogP contribution in [0.4, 0.5) is 0 Å². The maximum atomic E-state index is 11.2. The molecule has 78 valence electrons. The van der Waals surface area contributed by atoms with E-state index in [1.54, 1.807) is 23.9 Å². The first-order valence-corrected chi connectivity index (χ1v) is 4.43. The van der Waals surface area contributed by atoms with Crippen molar-refractivity contribution in [1.82, 2.24) is 19.7 Å². The van der Waals surface area contributed by atoms with E-state index in [1.807, 2.05) is 7.05 Å². The molecule has 0 aliphatic rings. The lowest BCUT2D eigenvalue weighted by Gasteiger charge is -1.93. The minimum Gasteiger partial charge on any atom is -0.366 e. The maximum Gasteiger partial charge on any atom is 0.250 e. The Balaban J connectivity index is 2.56. The average molecular weight is 205 g/mol. The van der Waals surface area contributed by atoms with Gasteiger partial charge in [0.05, 0.1) is 5.56 Å². The standard InChI is InChI=1S/C9H11N5O/c1-5-11-9(13-12-5)7-4-14(2)3-6(7)8(10)15/h3-4H,1-2H3,(H2,10,15)(H,11,12,13). The van der Waals surface area contributed by atoms with Crippen molar-refractivity contribution >= 4 is 5.91 Å². The van der Waals surface area contributed by atoms with Crippen molar-refractivity contribution in [2.45, 2.75) is 6.92 Å². The number of aromatic nitrogens is 4. The zero-order valence-electron chi connectivity index (χ0n) is 8.48. The highest BCUT2D eigenvalue weighted by Crippen LogP contribution is 2.20. The van der Waals surface area contributed by atoms with Crippen molar-refractivity contribution in [2.24, 2.45) is 12.8 Å². The molecule has 0 aliphatic heterocycles. The van der Waals surface area contributed by atoms with Gasteiger partial charge in [-0.15, -0.1) is 10.2 Å². The number of hydrogen-bond donors (Lipinski definition) is 2. The number of amides is 1. The predicted molar refractivity (Wildman–Crippen MR) is 54.0 cm³/mol. The van der Waals surface area contributed by atoms with Crippen molar-refractivity contribution in [3.63, 3.8) is 0 Å². The molecule has 1 amide bonds. The van der Waals surface area contributed by atoms with Gasteiger partial charge >= 0.3 is 0 Å². The number of nitrogens with one attached hydrogen (secondary N) is 1. The molecule has 15 heavy (non-hydrogen) atoms. The Labute approximate surface area is 86.1 Å². The molecule has 0 aromatic carbocycles. The number of aromatic amines is 1. The van der Waals surface area contributed by atoms with E-state index in [9.17, 15) is 4.79 Å². The van der Waals surface area contributed by atoms with Crippen LogP contribution in [0.3, 0.4) is 0 Å². The molecule has 0 atom stereocenters. The second kappa shape index (κ2) is 3.23. The number of nitrogens with zero attached hydrogens (tertiary/aromatic N) is 3. The number of hydrogen-bond acceptors (Lipinski definition) is 3. The number of carbonyl (C=O) groups is 1. The molecule has 0 fully saturated rings. The number of aryl methyl sites for hydroxylation is 2. The maximum absolute atomic E-state index is 11.2. The molecule has 0 radical (unpaired) electrons. The number of carbonyl (C=O) groups excluding carboxylic acids is 1. The van der Waals surface area contributed by atoms with Crippen molar-refractivity contribution in [2.75, 3.05) is 0 Å². The van der Waals surface area contributed by atoms with Gasteiger partial charge in [0, 0.05) is 25.0 Å². The highest BCUT2D eigenvalue weighted by Gasteiger charge is 2.15. The summed E-state index contributed by atoms with van der Waals surface area (Å²) in [4.78, 5) is 14.1. The summed E-state index contributed by atoms with van der Waals surface area (Å²) >= 11 is 0. The highest BCUT2D eigenvalue weighted by atomic mass is 16.1. The fourth-order valence-electron chi connectivity index (χ4n) is 1.44. The first-order valence-electron chi connectivity index (χ1n) is 4.43. The zero-order valence-corrected chi connectivity index (χ0v) is 8.48. The van der Waals surface area contributed by atoms with Crippen LogP contribution in [0.15, 0.2) is 12.4 Å². The smallest absolute Gasteiger partial charge is 0.250 e. The monoisotopic (exact) mass is 205 g/mol. The fourth-order valence-corrected chi connectivity index (χ4v) is 1.44. The van der Waals surface area contributed by atoms with Gasteiger partial charge in [0.1, 0.15) is 5.82 Å². The summed E-state index contributed by atoms with van der Waals surface area (Å²) in [5, 5.41) is 7.75. The van der Waals surface area contributed by atoms with Crippen molar-refractivity contribution in [3.05, 3.63) is 23.8 Å². The van der Waals surface area contributed by atoms with Gasteiger partial charge in [0.2, 0.25) is 0 Å². The Morgan fingerprint density at radius 1 is 1.47 bits per heavy atom.